The van der Waals surface area contributed by atoms with E-state index in [1.165, 1.54) is 16.5 Å². The molecular weight excluding hydrogens is 268 g/mol. The smallest absolute Gasteiger partial charge is 0.138 e. The summed E-state index contributed by atoms with van der Waals surface area (Å²) in [5.74, 6) is 0.977. The quantitative estimate of drug-likeness (QED) is 0.471. The van der Waals surface area contributed by atoms with E-state index in [4.69, 9.17) is 4.42 Å². The van der Waals surface area contributed by atoms with Crippen molar-refractivity contribution in [1.82, 2.24) is 0 Å². The molecule has 0 amide bonds. The molecule has 4 aromatic rings. The maximum absolute atomic E-state index is 6.16. The Hall–Kier alpha value is -2.80. The summed E-state index contributed by atoms with van der Waals surface area (Å²) in [6, 6.07) is 29.2. The Balaban J connectivity index is 1.91. The third kappa shape index (κ3) is 2.31. The predicted molar refractivity (Wildman–Crippen MR) is 90.9 cm³/mol. The predicted octanol–water partition coefficient (Wildman–Crippen LogP) is 5.69. The fourth-order valence-corrected chi connectivity index (χ4v) is 2.90. The van der Waals surface area contributed by atoms with Gasteiger partial charge in [-0.2, -0.15) is 0 Å². The van der Waals surface area contributed by atoms with Crippen LogP contribution in [0, 0.1) is 0 Å². The van der Waals surface area contributed by atoms with Gasteiger partial charge in [0.1, 0.15) is 11.3 Å². The second kappa shape index (κ2) is 5.53. The van der Waals surface area contributed by atoms with Crippen LogP contribution in [0.25, 0.3) is 22.3 Å². The molecular formula is C21H16O. The molecule has 0 N–H and O–H groups in total. The number of hydrogen-bond acceptors (Lipinski definition) is 1. The standard InChI is InChI=1S/C21H16O/c1-3-9-16(10-4-1)15-19-18-13-7-8-14-20(18)22-21(19)17-11-5-2-6-12-17/h1-14H,15H2. The van der Waals surface area contributed by atoms with E-state index < -0.39 is 0 Å². The first-order chi connectivity index (χ1) is 10.9. The Bertz CT molecular complexity index is 889. The summed E-state index contributed by atoms with van der Waals surface area (Å²) >= 11 is 0. The van der Waals surface area contributed by atoms with Crippen LogP contribution in [-0.2, 0) is 6.42 Å². The number of para-hydroxylation sites is 1. The molecule has 0 aliphatic heterocycles. The summed E-state index contributed by atoms with van der Waals surface area (Å²) in [4.78, 5) is 0. The van der Waals surface area contributed by atoms with Crippen LogP contribution in [0.1, 0.15) is 11.1 Å². The zero-order chi connectivity index (χ0) is 14.8. The van der Waals surface area contributed by atoms with Crippen LogP contribution >= 0.6 is 0 Å². The molecule has 1 aromatic heterocycles. The average Bonchev–Trinajstić information content (AvgIpc) is 2.95. The zero-order valence-corrected chi connectivity index (χ0v) is 12.2. The Kier molecular flexibility index (Phi) is 3.24. The van der Waals surface area contributed by atoms with Gasteiger partial charge < -0.3 is 4.42 Å². The Morgan fingerprint density at radius 2 is 1.27 bits per heavy atom. The van der Waals surface area contributed by atoms with Crippen LogP contribution in [0.4, 0.5) is 0 Å². The van der Waals surface area contributed by atoms with Gasteiger partial charge in [-0.05, 0) is 11.6 Å². The van der Waals surface area contributed by atoms with Gasteiger partial charge in [0.05, 0.1) is 0 Å². The fourth-order valence-electron chi connectivity index (χ4n) is 2.90. The van der Waals surface area contributed by atoms with Crippen molar-refractivity contribution < 1.29 is 4.42 Å². The van der Waals surface area contributed by atoms with E-state index in [0.717, 1.165) is 23.3 Å². The summed E-state index contributed by atoms with van der Waals surface area (Å²) in [5.41, 5.74) is 4.64. The third-order valence-corrected chi connectivity index (χ3v) is 3.96. The van der Waals surface area contributed by atoms with Gasteiger partial charge in [0.25, 0.3) is 0 Å². The van der Waals surface area contributed by atoms with Crippen LogP contribution in [0.2, 0.25) is 0 Å². The van der Waals surface area contributed by atoms with Gasteiger partial charge in [0.15, 0.2) is 0 Å². The molecule has 0 fully saturated rings. The van der Waals surface area contributed by atoms with E-state index in [0.29, 0.717) is 0 Å². The summed E-state index contributed by atoms with van der Waals surface area (Å²) in [6.45, 7) is 0. The van der Waals surface area contributed by atoms with Crippen molar-refractivity contribution >= 4 is 11.0 Å². The van der Waals surface area contributed by atoms with E-state index in [2.05, 4.69) is 66.7 Å². The lowest BCUT2D eigenvalue weighted by atomic mass is 9.99. The first-order valence-electron chi connectivity index (χ1n) is 7.51. The topological polar surface area (TPSA) is 13.1 Å². The van der Waals surface area contributed by atoms with Crippen molar-refractivity contribution in [3.05, 3.63) is 96.1 Å². The van der Waals surface area contributed by atoms with Crippen molar-refractivity contribution in [2.24, 2.45) is 0 Å². The highest BCUT2D eigenvalue weighted by molar-refractivity contribution is 5.88. The molecule has 0 unspecified atom stereocenters. The SMILES string of the molecule is c1ccc(Cc2c(-c3ccccc3)oc3ccccc23)cc1. The van der Waals surface area contributed by atoms with Gasteiger partial charge in [0, 0.05) is 22.9 Å². The number of hydrogen-bond donors (Lipinski definition) is 0. The van der Waals surface area contributed by atoms with Gasteiger partial charge in [-0.25, -0.2) is 0 Å². The van der Waals surface area contributed by atoms with Gasteiger partial charge in [-0.3, -0.25) is 0 Å². The molecule has 3 aromatic carbocycles. The molecule has 4 rings (SSSR count). The molecule has 0 spiro atoms. The first kappa shape index (κ1) is 12.9. The lowest BCUT2D eigenvalue weighted by Crippen LogP contribution is -1.89. The minimum absolute atomic E-state index is 0.877. The van der Waals surface area contributed by atoms with Gasteiger partial charge in [-0.1, -0.05) is 78.9 Å². The summed E-state index contributed by atoms with van der Waals surface area (Å²) in [6.07, 6.45) is 0.877. The lowest BCUT2D eigenvalue weighted by molar-refractivity contribution is 0.628. The minimum atomic E-state index is 0.877. The second-order valence-corrected chi connectivity index (χ2v) is 5.43. The van der Waals surface area contributed by atoms with Crippen LogP contribution in [0.15, 0.2) is 89.3 Å². The van der Waals surface area contributed by atoms with Gasteiger partial charge in [-0.15, -0.1) is 0 Å². The van der Waals surface area contributed by atoms with Gasteiger partial charge in [0.2, 0.25) is 0 Å². The van der Waals surface area contributed by atoms with Crippen molar-refractivity contribution in [3.63, 3.8) is 0 Å². The second-order valence-electron chi connectivity index (χ2n) is 5.43. The first-order valence-corrected chi connectivity index (χ1v) is 7.51. The summed E-state index contributed by atoms with van der Waals surface area (Å²) in [7, 11) is 0. The van der Waals surface area contributed by atoms with E-state index in [1.807, 2.05) is 18.2 Å². The van der Waals surface area contributed by atoms with Crippen molar-refractivity contribution in [2.45, 2.75) is 6.42 Å². The molecule has 1 nitrogen and oxygen atoms in total. The lowest BCUT2D eigenvalue weighted by Gasteiger charge is -2.04. The minimum Gasteiger partial charge on any atom is -0.456 e. The van der Waals surface area contributed by atoms with Crippen LogP contribution in [-0.4, -0.2) is 0 Å². The van der Waals surface area contributed by atoms with Gasteiger partial charge >= 0.3 is 0 Å². The molecule has 0 atom stereocenters. The third-order valence-electron chi connectivity index (χ3n) is 3.96. The molecule has 0 aliphatic carbocycles. The summed E-state index contributed by atoms with van der Waals surface area (Å²) in [5, 5.41) is 1.20. The fraction of sp³-hybridized carbons (Fsp3) is 0.0476. The normalized spacial score (nSPS) is 10.9. The Morgan fingerprint density at radius 3 is 2.05 bits per heavy atom. The molecule has 0 radical (unpaired) electrons. The van der Waals surface area contributed by atoms with E-state index >= 15 is 0 Å². The Labute approximate surface area is 129 Å². The number of fused-ring (bicyclic) bond motifs is 1. The molecule has 106 valence electrons. The maximum atomic E-state index is 6.16. The number of furan rings is 1. The molecule has 1 heteroatoms. The van der Waals surface area contributed by atoms with Crippen molar-refractivity contribution in [2.75, 3.05) is 0 Å². The zero-order valence-electron chi connectivity index (χ0n) is 12.2. The van der Waals surface area contributed by atoms with E-state index in [9.17, 15) is 0 Å². The molecule has 1 heterocycles. The largest absolute Gasteiger partial charge is 0.456 e. The summed E-state index contributed by atoms with van der Waals surface area (Å²) < 4.78 is 6.16. The molecule has 0 bridgehead atoms. The van der Waals surface area contributed by atoms with Crippen LogP contribution in [0.5, 0.6) is 0 Å². The van der Waals surface area contributed by atoms with E-state index in [1.54, 1.807) is 0 Å². The highest BCUT2D eigenvalue weighted by Crippen LogP contribution is 2.34. The molecule has 0 saturated carbocycles. The van der Waals surface area contributed by atoms with Crippen LogP contribution in [0.3, 0.4) is 0 Å². The van der Waals surface area contributed by atoms with Crippen molar-refractivity contribution in [3.8, 4) is 11.3 Å². The van der Waals surface area contributed by atoms with Crippen LogP contribution < -0.4 is 0 Å². The highest BCUT2D eigenvalue weighted by Gasteiger charge is 2.15. The average molecular weight is 284 g/mol. The van der Waals surface area contributed by atoms with E-state index in [-0.39, 0.29) is 0 Å². The number of rotatable bonds is 3. The molecule has 0 aliphatic rings. The molecule has 0 saturated heterocycles. The maximum Gasteiger partial charge on any atom is 0.138 e. The Morgan fingerprint density at radius 1 is 0.636 bits per heavy atom. The monoisotopic (exact) mass is 284 g/mol. The van der Waals surface area contributed by atoms with Crippen molar-refractivity contribution in [1.29, 1.82) is 0 Å². The highest BCUT2D eigenvalue weighted by atomic mass is 16.3. The molecule has 22 heavy (non-hydrogen) atoms. The number of benzene rings is 3.